The molecule has 25 heavy (non-hydrogen) atoms. The zero-order chi connectivity index (χ0) is 17.1. The summed E-state index contributed by atoms with van der Waals surface area (Å²) in [4.78, 5) is 9.29. The fourth-order valence-corrected chi connectivity index (χ4v) is 4.44. The molecule has 3 saturated heterocycles. The second-order valence-electron chi connectivity index (χ2n) is 7.30. The van der Waals surface area contributed by atoms with E-state index in [0.717, 1.165) is 77.5 Å². The topological polar surface area (TPSA) is 61.6 Å². The Bertz CT molecular complexity index is 625. The van der Waals surface area contributed by atoms with Gasteiger partial charge in [-0.25, -0.2) is 4.98 Å². The fourth-order valence-electron chi connectivity index (χ4n) is 4.44. The summed E-state index contributed by atoms with van der Waals surface area (Å²) in [6, 6.07) is 6.54. The monoisotopic (exact) mass is 342 g/mol. The number of nitriles is 1. The minimum Gasteiger partial charge on any atom is -0.381 e. The summed E-state index contributed by atoms with van der Waals surface area (Å²) in [5.41, 5.74) is 0.718. The smallest absolute Gasteiger partial charge is 0.146 e. The van der Waals surface area contributed by atoms with Crippen LogP contribution in [0.3, 0.4) is 0 Å². The van der Waals surface area contributed by atoms with E-state index in [4.69, 9.17) is 9.47 Å². The van der Waals surface area contributed by atoms with Crippen LogP contribution in [0.5, 0.6) is 0 Å². The number of aromatic nitrogens is 1. The van der Waals surface area contributed by atoms with E-state index in [1.54, 1.807) is 6.20 Å². The molecule has 1 spiro atoms. The van der Waals surface area contributed by atoms with Gasteiger partial charge in [0.2, 0.25) is 0 Å². The molecular weight excluding hydrogens is 316 g/mol. The highest BCUT2D eigenvalue weighted by Crippen LogP contribution is 2.36. The summed E-state index contributed by atoms with van der Waals surface area (Å²) in [6.07, 6.45) is 6.08. The van der Waals surface area contributed by atoms with Gasteiger partial charge >= 0.3 is 0 Å². The van der Waals surface area contributed by atoms with Crippen molar-refractivity contribution in [1.82, 2.24) is 9.88 Å². The molecule has 0 aliphatic carbocycles. The van der Waals surface area contributed by atoms with E-state index in [0.29, 0.717) is 11.6 Å². The Labute approximate surface area is 149 Å². The van der Waals surface area contributed by atoms with Gasteiger partial charge in [-0.1, -0.05) is 0 Å². The average Bonchev–Trinajstić information content (AvgIpc) is 2.69. The lowest BCUT2D eigenvalue weighted by atomic mass is 9.83. The number of anilines is 1. The van der Waals surface area contributed by atoms with Crippen molar-refractivity contribution in [2.45, 2.75) is 37.3 Å². The SMILES string of the molecule is N#Cc1cccnc1N1CCN([C@@H]2CCOC3(CCOCC3)C2)CC1. The van der Waals surface area contributed by atoms with E-state index < -0.39 is 0 Å². The molecule has 4 rings (SSSR count). The van der Waals surface area contributed by atoms with Crippen LogP contribution in [-0.4, -0.2) is 67.5 Å². The zero-order valence-electron chi connectivity index (χ0n) is 14.7. The third kappa shape index (κ3) is 3.50. The van der Waals surface area contributed by atoms with E-state index in [1.807, 2.05) is 12.1 Å². The van der Waals surface area contributed by atoms with Gasteiger partial charge in [0.25, 0.3) is 0 Å². The first-order chi connectivity index (χ1) is 12.3. The molecule has 0 saturated carbocycles. The first-order valence-electron chi connectivity index (χ1n) is 9.35. The maximum atomic E-state index is 9.29. The Morgan fingerprint density at radius 3 is 2.72 bits per heavy atom. The highest BCUT2D eigenvalue weighted by Gasteiger charge is 2.41. The molecular formula is C19H26N4O2. The molecule has 0 unspecified atom stereocenters. The van der Waals surface area contributed by atoms with Crippen LogP contribution in [0, 0.1) is 11.3 Å². The highest BCUT2D eigenvalue weighted by atomic mass is 16.5. The van der Waals surface area contributed by atoms with Crippen LogP contribution in [0.2, 0.25) is 0 Å². The van der Waals surface area contributed by atoms with Gasteiger partial charge in [0.1, 0.15) is 11.9 Å². The number of ether oxygens (including phenoxy) is 2. The Morgan fingerprint density at radius 1 is 1.16 bits per heavy atom. The molecule has 3 aliphatic rings. The molecule has 3 aliphatic heterocycles. The average molecular weight is 342 g/mol. The Hall–Kier alpha value is -1.68. The molecule has 0 amide bonds. The predicted octanol–water partition coefficient (Wildman–Crippen LogP) is 1.80. The fraction of sp³-hybridized carbons (Fsp3) is 0.684. The number of hydrogen-bond acceptors (Lipinski definition) is 6. The van der Waals surface area contributed by atoms with Gasteiger partial charge in [-0.3, -0.25) is 4.90 Å². The maximum absolute atomic E-state index is 9.29. The molecule has 134 valence electrons. The quantitative estimate of drug-likeness (QED) is 0.817. The first kappa shape index (κ1) is 16.8. The van der Waals surface area contributed by atoms with Crippen LogP contribution in [-0.2, 0) is 9.47 Å². The molecule has 6 nitrogen and oxygen atoms in total. The van der Waals surface area contributed by atoms with Crippen LogP contribution in [0.4, 0.5) is 5.82 Å². The van der Waals surface area contributed by atoms with Crippen molar-refractivity contribution in [3.8, 4) is 6.07 Å². The van der Waals surface area contributed by atoms with Gasteiger partial charge in [-0.15, -0.1) is 0 Å². The summed E-state index contributed by atoms with van der Waals surface area (Å²) in [5, 5.41) is 9.29. The highest BCUT2D eigenvalue weighted by molar-refractivity contribution is 5.53. The van der Waals surface area contributed by atoms with Crippen molar-refractivity contribution in [3.05, 3.63) is 23.9 Å². The van der Waals surface area contributed by atoms with Gasteiger partial charge < -0.3 is 14.4 Å². The number of nitrogens with zero attached hydrogens (tertiary/aromatic N) is 4. The number of piperazine rings is 1. The third-order valence-corrected chi connectivity index (χ3v) is 5.91. The lowest BCUT2D eigenvalue weighted by Crippen LogP contribution is -2.56. The molecule has 1 aromatic rings. The molecule has 0 aromatic carbocycles. The number of hydrogen-bond donors (Lipinski definition) is 0. The molecule has 4 heterocycles. The van der Waals surface area contributed by atoms with Crippen LogP contribution in [0.15, 0.2) is 18.3 Å². The molecule has 1 aromatic heterocycles. The molecule has 0 radical (unpaired) electrons. The second kappa shape index (κ2) is 7.28. The lowest BCUT2D eigenvalue weighted by Gasteiger charge is -2.48. The van der Waals surface area contributed by atoms with E-state index >= 15 is 0 Å². The summed E-state index contributed by atoms with van der Waals surface area (Å²) >= 11 is 0. The Kier molecular flexibility index (Phi) is 4.89. The minimum atomic E-state index is 0.0489. The largest absolute Gasteiger partial charge is 0.381 e. The maximum Gasteiger partial charge on any atom is 0.146 e. The minimum absolute atomic E-state index is 0.0489. The second-order valence-corrected chi connectivity index (χ2v) is 7.30. The molecule has 3 fully saturated rings. The Morgan fingerprint density at radius 2 is 1.96 bits per heavy atom. The molecule has 0 N–H and O–H groups in total. The van der Waals surface area contributed by atoms with E-state index in [2.05, 4.69) is 20.9 Å². The van der Waals surface area contributed by atoms with Crippen molar-refractivity contribution in [1.29, 1.82) is 5.26 Å². The van der Waals surface area contributed by atoms with Crippen LogP contribution in [0.25, 0.3) is 0 Å². The standard InChI is InChI=1S/C19H26N4O2/c20-15-16-2-1-6-21-18(16)23-9-7-22(8-10-23)17-3-11-25-19(14-17)4-12-24-13-5-19/h1-2,6,17H,3-5,7-14H2/t17-/m1/s1. The molecule has 6 heteroatoms. The summed E-state index contributed by atoms with van der Waals surface area (Å²) in [7, 11) is 0. The number of pyridine rings is 1. The van der Waals surface area contributed by atoms with Crippen LogP contribution >= 0.6 is 0 Å². The summed E-state index contributed by atoms with van der Waals surface area (Å²) in [6.45, 7) is 6.44. The summed E-state index contributed by atoms with van der Waals surface area (Å²) in [5.74, 6) is 0.831. The zero-order valence-corrected chi connectivity index (χ0v) is 14.7. The van der Waals surface area contributed by atoms with Crippen molar-refractivity contribution >= 4 is 5.82 Å². The third-order valence-electron chi connectivity index (χ3n) is 5.91. The van der Waals surface area contributed by atoms with Crippen molar-refractivity contribution in [2.24, 2.45) is 0 Å². The van der Waals surface area contributed by atoms with Gasteiger partial charge in [-0.05, 0) is 37.8 Å². The summed E-state index contributed by atoms with van der Waals surface area (Å²) < 4.78 is 11.7. The van der Waals surface area contributed by atoms with E-state index in [1.165, 1.54) is 0 Å². The van der Waals surface area contributed by atoms with Gasteiger partial charge in [0.05, 0.1) is 11.2 Å². The number of rotatable bonds is 2. The molecule has 1 atom stereocenters. The van der Waals surface area contributed by atoms with Crippen LogP contribution < -0.4 is 4.90 Å². The van der Waals surface area contributed by atoms with Gasteiger partial charge in [0, 0.05) is 58.2 Å². The first-order valence-corrected chi connectivity index (χ1v) is 9.35. The van der Waals surface area contributed by atoms with E-state index in [9.17, 15) is 5.26 Å². The van der Waals surface area contributed by atoms with Crippen molar-refractivity contribution in [2.75, 3.05) is 50.9 Å². The Balaban J connectivity index is 1.38. The van der Waals surface area contributed by atoms with E-state index in [-0.39, 0.29) is 5.60 Å². The van der Waals surface area contributed by atoms with Crippen molar-refractivity contribution in [3.63, 3.8) is 0 Å². The predicted molar refractivity (Wildman–Crippen MR) is 94.5 cm³/mol. The van der Waals surface area contributed by atoms with Gasteiger partial charge in [-0.2, -0.15) is 5.26 Å². The lowest BCUT2D eigenvalue weighted by molar-refractivity contribution is -0.151. The van der Waals surface area contributed by atoms with Crippen molar-refractivity contribution < 1.29 is 9.47 Å². The van der Waals surface area contributed by atoms with Gasteiger partial charge in [0.15, 0.2) is 0 Å². The van der Waals surface area contributed by atoms with Crippen LogP contribution in [0.1, 0.15) is 31.2 Å². The normalized spacial score (nSPS) is 27.2. The molecule has 0 bridgehead atoms.